The molecule has 4 N–H and O–H groups in total. The zero-order valence-electron chi connectivity index (χ0n) is 9.67. The number of carboxylic acid groups (broad SMARTS) is 1. The van der Waals surface area contributed by atoms with Crippen molar-refractivity contribution in [1.29, 1.82) is 0 Å². The molecule has 0 saturated heterocycles. The first-order valence-electron chi connectivity index (χ1n) is 5.43. The summed E-state index contributed by atoms with van der Waals surface area (Å²) >= 11 is 5.44. The molecule has 0 radical (unpaired) electrons. The molecule has 1 rings (SSSR count). The van der Waals surface area contributed by atoms with Crippen molar-refractivity contribution in [2.24, 2.45) is 5.73 Å². The third kappa shape index (κ3) is 4.35. The smallest absolute Gasteiger partial charge is 0.327 e. The van der Waals surface area contributed by atoms with Gasteiger partial charge in [-0.1, -0.05) is 30.3 Å². The lowest BCUT2D eigenvalue weighted by atomic mass is 10.1. The second-order valence-electron chi connectivity index (χ2n) is 3.85. The summed E-state index contributed by atoms with van der Waals surface area (Å²) in [5.74, 6) is -1.89. The average Bonchev–Trinajstić information content (AvgIpc) is 2.36. The highest BCUT2D eigenvalue weighted by molar-refractivity contribution is 6.19. The Labute approximate surface area is 110 Å². The quantitative estimate of drug-likeness (QED) is 0.651. The summed E-state index contributed by atoms with van der Waals surface area (Å²) in [4.78, 5) is 22.4. The van der Waals surface area contributed by atoms with Crippen molar-refractivity contribution >= 4 is 23.5 Å². The van der Waals surface area contributed by atoms with Crippen molar-refractivity contribution in [3.8, 4) is 0 Å². The first-order chi connectivity index (χ1) is 8.54. The highest BCUT2D eigenvalue weighted by Gasteiger charge is 2.22. The number of halogens is 1. The number of carbonyl (C=O) groups excluding carboxylic acids is 1. The van der Waals surface area contributed by atoms with Gasteiger partial charge in [0, 0.05) is 0 Å². The maximum absolute atomic E-state index is 11.7. The van der Waals surface area contributed by atoms with E-state index in [1.165, 1.54) is 0 Å². The fraction of sp³-hybridized carbons (Fsp3) is 0.333. The van der Waals surface area contributed by atoms with Crippen LogP contribution in [0, 0.1) is 0 Å². The Kier molecular flexibility index (Phi) is 5.61. The van der Waals surface area contributed by atoms with Crippen LogP contribution in [0.2, 0.25) is 0 Å². The number of hydrogen-bond donors (Lipinski definition) is 3. The van der Waals surface area contributed by atoms with Crippen LogP contribution in [0.1, 0.15) is 5.56 Å². The summed E-state index contributed by atoms with van der Waals surface area (Å²) in [6.45, 7) is 0. The van der Waals surface area contributed by atoms with Gasteiger partial charge >= 0.3 is 5.97 Å². The molecule has 0 aliphatic heterocycles. The number of aliphatic carboxylic acids is 1. The fourth-order valence-corrected chi connectivity index (χ4v) is 1.61. The molecule has 1 aromatic carbocycles. The second kappa shape index (κ2) is 6.98. The molecule has 0 aliphatic carbocycles. The number of rotatable bonds is 6. The SMILES string of the molecule is N[C@@H](Cc1ccccc1)C(=O)N[C@@H](CCl)C(=O)O. The Balaban J connectivity index is 2.54. The predicted molar refractivity (Wildman–Crippen MR) is 68.4 cm³/mol. The van der Waals surface area contributed by atoms with E-state index in [1.54, 1.807) is 0 Å². The number of carboxylic acids is 1. The van der Waals surface area contributed by atoms with Crippen LogP contribution >= 0.6 is 11.6 Å². The van der Waals surface area contributed by atoms with E-state index in [9.17, 15) is 9.59 Å². The van der Waals surface area contributed by atoms with E-state index in [0.29, 0.717) is 6.42 Å². The number of nitrogens with two attached hydrogens (primary N) is 1. The van der Waals surface area contributed by atoms with Crippen molar-refractivity contribution < 1.29 is 14.7 Å². The third-order valence-corrected chi connectivity index (χ3v) is 2.71. The van der Waals surface area contributed by atoms with Crippen molar-refractivity contribution in [1.82, 2.24) is 5.32 Å². The normalized spacial score (nSPS) is 13.7. The highest BCUT2D eigenvalue weighted by atomic mass is 35.5. The molecule has 0 aliphatic rings. The van der Waals surface area contributed by atoms with E-state index in [4.69, 9.17) is 22.4 Å². The summed E-state index contributed by atoms with van der Waals surface area (Å²) < 4.78 is 0. The van der Waals surface area contributed by atoms with Crippen molar-refractivity contribution in [2.75, 3.05) is 5.88 Å². The monoisotopic (exact) mass is 270 g/mol. The van der Waals surface area contributed by atoms with Gasteiger partial charge in [0.25, 0.3) is 0 Å². The molecule has 1 aromatic rings. The van der Waals surface area contributed by atoms with Gasteiger partial charge in [-0.25, -0.2) is 4.79 Å². The maximum Gasteiger partial charge on any atom is 0.327 e. The van der Waals surface area contributed by atoms with Crippen LogP contribution in [0.3, 0.4) is 0 Å². The molecule has 5 nitrogen and oxygen atoms in total. The third-order valence-electron chi connectivity index (χ3n) is 2.40. The molecule has 6 heteroatoms. The largest absolute Gasteiger partial charge is 0.480 e. The molecule has 98 valence electrons. The molecule has 0 aromatic heterocycles. The summed E-state index contributed by atoms with van der Waals surface area (Å²) in [6, 6.07) is 7.35. The number of nitrogens with one attached hydrogen (secondary N) is 1. The lowest BCUT2D eigenvalue weighted by Crippen LogP contribution is -2.49. The molecular weight excluding hydrogens is 256 g/mol. The zero-order valence-corrected chi connectivity index (χ0v) is 10.4. The van der Waals surface area contributed by atoms with Crippen LogP contribution in [0.5, 0.6) is 0 Å². The molecular formula is C12H15ClN2O3. The first kappa shape index (κ1) is 14.5. The molecule has 18 heavy (non-hydrogen) atoms. The standard InChI is InChI=1S/C12H15ClN2O3/c13-7-10(12(17)18)15-11(16)9(14)6-8-4-2-1-3-5-8/h1-5,9-10H,6-7,14H2,(H,15,16)(H,17,18)/t9-,10-/m0/s1. The number of amides is 1. The van der Waals surface area contributed by atoms with Gasteiger partial charge in [0.05, 0.1) is 11.9 Å². The average molecular weight is 271 g/mol. The van der Waals surface area contributed by atoms with E-state index < -0.39 is 24.0 Å². The van der Waals surface area contributed by atoms with E-state index in [1.807, 2.05) is 30.3 Å². The Morgan fingerprint density at radius 2 is 1.94 bits per heavy atom. The van der Waals surface area contributed by atoms with Gasteiger partial charge in [-0.05, 0) is 12.0 Å². The van der Waals surface area contributed by atoms with Crippen LogP contribution in [-0.4, -0.2) is 34.9 Å². The van der Waals surface area contributed by atoms with Gasteiger partial charge in [0.2, 0.25) is 5.91 Å². The summed E-state index contributed by atoms with van der Waals surface area (Å²) in [5.41, 5.74) is 6.62. The van der Waals surface area contributed by atoms with Gasteiger partial charge < -0.3 is 16.2 Å². The van der Waals surface area contributed by atoms with Crippen LogP contribution < -0.4 is 11.1 Å². The van der Waals surface area contributed by atoms with Crippen LogP contribution in [0.4, 0.5) is 0 Å². The van der Waals surface area contributed by atoms with Gasteiger partial charge in [-0.15, -0.1) is 11.6 Å². The molecule has 0 spiro atoms. The lowest BCUT2D eigenvalue weighted by molar-refractivity contribution is -0.141. The maximum atomic E-state index is 11.7. The first-order valence-corrected chi connectivity index (χ1v) is 5.96. The van der Waals surface area contributed by atoms with Crippen LogP contribution in [0.15, 0.2) is 30.3 Å². The van der Waals surface area contributed by atoms with Gasteiger partial charge in [-0.3, -0.25) is 4.79 Å². The summed E-state index contributed by atoms with van der Waals surface area (Å²) in [7, 11) is 0. The van der Waals surface area contributed by atoms with Gasteiger partial charge in [-0.2, -0.15) is 0 Å². The lowest BCUT2D eigenvalue weighted by Gasteiger charge is -2.16. The minimum Gasteiger partial charge on any atom is -0.480 e. The summed E-state index contributed by atoms with van der Waals surface area (Å²) in [5, 5.41) is 11.0. The minimum absolute atomic E-state index is 0.195. The Morgan fingerprint density at radius 1 is 1.33 bits per heavy atom. The minimum atomic E-state index is -1.18. The van der Waals surface area contributed by atoms with Crippen LogP contribution in [-0.2, 0) is 16.0 Å². The molecule has 0 bridgehead atoms. The van der Waals surface area contributed by atoms with E-state index in [0.717, 1.165) is 5.56 Å². The van der Waals surface area contributed by atoms with E-state index in [-0.39, 0.29) is 5.88 Å². The fourth-order valence-electron chi connectivity index (χ4n) is 1.41. The van der Waals surface area contributed by atoms with Crippen LogP contribution in [0.25, 0.3) is 0 Å². The summed E-state index contributed by atoms with van der Waals surface area (Å²) in [6.07, 6.45) is 0.349. The highest BCUT2D eigenvalue weighted by Crippen LogP contribution is 2.02. The molecule has 1 amide bonds. The Hall–Kier alpha value is -1.59. The topological polar surface area (TPSA) is 92.4 Å². The number of hydrogen-bond acceptors (Lipinski definition) is 3. The van der Waals surface area contributed by atoms with Crippen molar-refractivity contribution in [3.63, 3.8) is 0 Å². The molecule has 0 heterocycles. The van der Waals surface area contributed by atoms with Gasteiger partial charge in [0.15, 0.2) is 0 Å². The Morgan fingerprint density at radius 3 is 2.44 bits per heavy atom. The molecule has 2 atom stereocenters. The van der Waals surface area contributed by atoms with Gasteiger partial charge in [0.1, 0.15) is 6.04 Å². The zero-order chi connectivity index (χ0) is 13.5. The van der Waals surface area contributed by atoms with Crippen molar-refractivity contribution in [2.45, 2.75) is 18.5 Å². The predicted octanol–water partition coefficient (Wildman–Crippen LogP) is 0.365. The number of benzene rings is 1. The van der Waals surface area contributed by atoms with E-state index in [2.05, 4.69) is 5.32 Å². The second-order valence-corrected chi connectivity index (χ2v) is 4.16. The van der Waals surface area contributed by atoms with E-state index >= 15 is 0 Å². The Bertz CT molecular complexity index is 411. The molecule has 0 saturated carbocycles. The molecule has 0 unspecified atom stereocenters. The number of alkyl halides is 1. The number of carbonyl (C=O) groups is 2. The molecule has 0 fully saturated rings. The van der Waals surface area contributed by atoms with Crippen molar-refractivity contribution in [3.05, 3.63) is 35.9 Å².